The quantitative estimate of drug-likeness (QED) is 0.818. The summed E-state index contributed by atoms with van der Waals surface area (Å²) >= 11 is 0. The Bertz CT molecular complexity index is 535. The Kier molecular flexibility index (Phi) is 3.00. The molecule has 92 valence electrons. The lowest BCUT2D eigenvalue weighted by Crippen LogP contribution is -2.03. The predicted molar refractivity (Wildman–Crippen MR) is 59.5 cm³/mol. The summed E-state index contributed by atoms with van der Waals surface area (Å²) in [7, 11) is 0. The fourth-order valence-electron chi connectivity index (χ4n) is 1.65. The van der Waals surface area contributed by atoms with Crippen LogP contribution < -0.4 is 4.74 Å². The Balaban J connectivity index is 2.60. The van der Waals surface area contributed by atoms with E-state index in [1.807, 2.05) is 19.9 Å². The van der Waals surface area contributed by atoms with Crippen molar-refractivity contribution in [3.63, 3.8) is 0 Å². The number of aryl methyl sites for hydroxylation is 1. The second-order valence-electron chi connectivity index (χ2n) is 4.13. The van der Waals surface area contributed by atoms with Crippen molar-refractivity contribution in [1.29, 1.82) is 0 Å². The van der Waals surface area contributed by atoms with Crippen molar-refractivity contribution in [3.05, 3.63) is 23.6 Å². The van der Waals surface area contributed by atoms with E-state index in [4.69, 9.17) is 4.42 Å². The third-order valence-electron chi connectivity index (χ3n) is 2.47. The van der Waals surface area contributed by atoms with Gasteiger partial charge >= 0.3 is 6.61 Å². The summed E-state index contributed by atoms with van der Waals surface area (Å²) in [5, 5.41) is 0. The number of fused-ring (bicyclic) bond motifs is 1. The maximum atomic E-state index is 12.3. The van der Waals surface area contributed by atoms with Gasteiger partial charge in [-0.25, -0.2) is 4.98 Å². The zero-order valence-electron chi connectivity index (χ0n) is 9.83. The van der Waals surface area contributed by atoms with Crippen LogP contribution in [0.4, 0.5) is 8.78 Å². The largest absolute Gasteiger partial charge is 0.437 e. The number of nitrogens with zero attached hydrogens (tertiary/aromatic N) is 1. The highest BCUT2D eigenvalue weighted by Crippen LogP contribution is 2.32. The number of alkyl halides is 2. The monoisotopic (exact) mass is 241 g/mol. The van der Waals surface area contributed by atoms with E-state index in [0.29, 0.717) is 11.4 Å². The predicted octanol–water partition coefficient (Wildman–Crippen LogP) is 3.86. The number of ether oxygens (including phenoxy) is 1. The van der Waals surface area contributed by atoms with Crippen LogP contribution in [0.5, 0.6) is 5.75 Å². The van der Waals surface area contributed by atoms with Gasteiger partial charge in [0.05, 0.1) is 0 Å². The van der Waals surface area contributed by atoms with E-state index in [-0.39, 0.29) is 17.3 Å². The zero-order valence-corrected chi connectivity index (χ0v) is 9.83. The minimum Gasteiger partial charge on any atom is -0.437 e. The van der Waals surface area contributed by atoms with Gasteiger partial charge in [-0.1, -0.05) is 13.8 Å². The fourth-order valence-corrected chi connectivity index (χ4v) is 1.65. The van der Waals surface area contributed by atoms with Crippen LogP contribution in [0.1, 0.15) is 31.2 Å². The molecule has 1 heterocycles. The number of rotatable bonds is 3. The molecule has 0 spiro atoms. The molecule has 0 aliphatic rings. The molecule has 0 amide bonds. The van der Waals surface area contributed by atoms with Crippen LogP contribution in [-0.4, -0.2) is 11.6 Å². The highest BCUT2D eigenvalue weighted by atomic mass is 19.3. The molecule has 0 atom stereocenters. The first-order valence-electron chi connectivity index (χ1n) is 5.33. The van der Waals surface area contributed by atoms with E-state index in [2.05, 4.69) is 9.72 Å². The van der Waals surface area contributed by atoms with Crippen molar-refractivity contribution in [3.8, 4) is 5.75 Å². The van der Waals surface area contributed by atoms with Gasteiger partial charge < -0.3 is 9.15 Å². The Hall–Kier alpha value is -1.65. The normalized spacial score (nSPS) is 11.7. The van der Waals surface area contributed by atoms with Crippen LogP contribution >= 0.6 is 0 Å². The minimum atomic E-state index is -2.87. The molecule has 0 fully saturated rings. The summed E-state index contributed by atoms with van der Waals surface area (Å²) in [5.74, 6) is 0.679. The van der Waals surface area contributed by atoms with Crippen molar-refractivity contribution in [2.75, 3.05) is 0 Å². The fraction of sp³-hybridized carbons (Fsp3) is 0.417. The summed E-state index contributed by atoms with van der Waals surface area (Å²) in [5.41, 5.74) is 1.71. The molecule has 2 aromatic rings. The molecule has 0 radical (unpaired) electrons. The Labute approximate surface area is 97.4 Å². The lowest BCUT2D eigenvalue weighted by atomic mass is 10.0. The van der Waals surface area contributed by atoms with Crippen molar-refractivity contribution >= 4 is 11.1 Å². The van der Waals surface area contributed by atoms with E-state index < -0.39 is 6.61 Å². The lowest BCUT2D eigenvalue weighted by molar-refractivity contribution is -0.0494. The molecule has 5 heteroatoms. The SMILES string of the molecule is Cc1nc2cc(C(C)C)cc(OC(F)F)c2o1. The number of benzene rings is 1. The first-order valence-corrected chi connectivity index (χ1v) is 5.33. The summed E-state index contributed by atoms with van der Waals surface area (Å²) in [6.45, 7) is 2.74. The maximum Gasteiger partial charge on any atom is 0.387 e. The first-order chi connectivity index (χ1) is 7.97. The molecule has 17 heavy (non-hydrogen) atoms. The molecule has 0 N–H and O–H groups in total. The van der Waals surface area contributed by atoms with Gasteiger partial charge in [-0.15, -0.1) is 0 Å². The second kappa shape index (κ2) is 4.31. The number of aromatic nitrogens is 1. The maximum absolute atomic E-state index is 12.3. The van der Waals surface area contributed by atoms with E-state index in [1.165, 1.54) is 0 Å². The van der Waals surface area contributed by atoms with Gasteiger partial charge in [-0.05, 0) is 23.6 Å². The van der Waals surface area contributed by atoms with Gasteiger partial charge in [-0.3, -0.25) is 0 Å². The minimum absolute atomic E-state index is 0.0433. The summed E-state index contributed by atoms with van der Waals surface area (Å²) < 4.78 is 34.3. The van der Waals surface area contributed by atoms with Crippen molar-refractivity contribution in [2.45, 2.75) is 33.3 Å². The number of hydrogen-bond acceptors (Lipinski definition) is 3. The van der Waals surface area contributed by atoms with E-state index in [0.717, 1.165) is 5.56 Å². The number of oxazole rings is 1. The number of halogens is 2. The van der Waals surface area contributed by atoms with Crippen LogP contribution in [0, 0.1) is 6.92 Å². The molecular weight excluding hydrogens is 228 g/mol. The standard InChI is InChI=1S/C12H13F2NO2/c1-6(2)8-4-9-11(16-7(3)15-9)10(5-8)17-12(13)14/h4-6,12H,1-3H3. The molecule has 3 nitrogen and oxygen atoms in total. The smallest absolute Gasteiger partial charge is 0.387 e. The van der Waals surface area contributed by atoms with Gasteiger partial charge in [0, 0.05) is 6.92 Å². The Morgan fingerprint density at radius 1 is 1.29 bits per heavy atom. The molecule has 0 saturated heterocycles. The highest BCUT2D eigenvalue weighted by molar-refractivity contribution is 5.80. The van der Waals surface area contributed by atoms with Crippen LogP contribution in [-0.2, 0) is 0 Å². The molecule has 2 rings (SSSR count). The summed E-state index contributed by atoms with van der Waals surface area (Å²) in [4.78, 5) is 4.13. The van der Waals surface area contributed by atoms with Gasteiger partial charge in [0.2, 0.25) is 0 Å². The van der Waals surface area contributed by atoms with Crippen LogP contribution in [0.25, 0.3) is 11.1 Å². The average Bonchev–Trinajstić information content (AvgIpc) is 2.57. The number of hydrogen-bond donors (Lipinski definition) is 0. The lowest BCUT2D eigenvalue weighted by Gasteiger charge is -2.09. The Morgan fingerprint density at radius 2 is 2.00 bits per heavy atom. The van der Waals surface area contributed by atoms with Gasteiger partial charge in [0.25, 0.3) is 0 Å². The molecule has 0 aliphatic heterocycles. The van der Waals surface area contributed by atoms with Crippen LogP contribution in [0.15, 0.2) is 16.5 Å². The molecule has 0 saturated carbocycles. The molecule has 0 unspecified atom stereocenters. The second-order valence-corrected chi connectivity index (χ2v) is 4.13. The molecule has 0 bridgehead atoms. The van der Waals surface area contributed by atoms with Gasteiger partial charge in [0.15, 0.2) is 17.2 Å². The molecule has 1 aromatic heterocycles. The molecule has 1 aromatic carbocycles. The zero-order chi connectivity index (χ0) is 12.6. The van der Waals surface area contributed by atoms with E-state index >= 15 is 0 Å². The summed E-state index contributed by atoms with van der Waals surface area (Å²) in [6.07, 6.45) is 0. The molecule has 0 aliphatic carbocycles. The summed E-state index contributed by atoms with van der Waals surface area (Å²) in [6, 6.07) is 3.40. The van der Waals surface area contributed by atoms with Crippen molar-refractivity contribution in [1.82, 2.24) is 4.98 Å². The average molecular weight is 241 g/mol. The van der Waals surface area contributed by atoms with E-state index in [1.54, 1.807) is 13.0 Å². The van der Waals surface area contributed by atoms with Crippen LogP contribution in [0.3, 0.4) is 0 Å². The van der Waals surface area contributed by atoms with E-state index in [9.17, 15) is 8.78 Å². The first kappa shape index (κ1) is 11.8. The molecular formula is C12H13F2NO2. The third kappa shape index (κ3) is 2.38. The Morgan fingerprint density at radius 3 is 2.59 bits per heavy atom. The van der Waals surface area contributed by atoms with Crippen molar-refractivity contribution < 1.29 is 17.9 Å². The van der Waals surface area contributed by atoms with Crippen molar-refractivity contribution in [2.24, 2.45) is 0 Å². The van der Waals surface area contributed by atoms with Gasteiger partial charge in [-0.2, -0.15) is 8.78 Å². The highest BCUT2D eigenvalue weighted by Gasteiger charge is 2.16. The topological polar surface area (TPSA) is 35.3 Å². The third-order valence-corrected chi connectivity index (χ3v) is 2.47. The van der Waals surface area contributed by atoms with Gasteiger partial charge in [0.1, 0.15) is 5.52 Å². The van der Waals surface area contributed by atoms with Crippen LogP contribution in [0.2, 0.25) is 0 Å².